The summed E-state index contributed by atoms with van der Waals surface area (Å²) in [6.45, 7) is 6.70. The first kappa shape index (κ1) is 13.7. The molecule has 0 aliphatic rings. The highest BCUT2D eigenvalue weighted by Crippen LogP contribution is 2.29. The van der Waals surface area contributed by atoms with E-state index in [0.717, 1.165) is 12.2 Å². The van der Waals surface area contributed by atoms with E-state index in [0.29, 0.717) is 0 Å². The van der Waals surface area contributed by atoms with Crippen LogP contribution in [0.3, 0.4) is 0 Å². The van der Waals surface area contributed by atoms with Crippen molar-refractivity contribution in [2.24, 2.45) is 0 Å². The third-order valence-electron chi connectivity index (χ3n) is 3.64. The van der Waals surface area contributed by atoms with Gasteiger partial charge < -0.3 is 4.74 Å². The molecule has 19 heavy (non-hydrogen) atoms. The first-order valence-corrected chi connectivity index (χ1v) is 6.71. The Labute approximate surface area is 116 Å². The molecule has 0 aliphatic carbocycles. The molecule has 0 amide bonds. The van der Waals surface area contributed by atoms with Crippen LogP contribution in [0.2, 0.25) is 0 Å². The van der Waals surface area contributed by atoms with Gasteiger partial charge in [0, 0.05) is 0 Å². The maximum absolute atomic E-state index is 5.21. The maximum atomic E-state index is 5.21. The second-order valence-electron chi connectivity index (χ2n) is 5.77. The number of ether oxygens (including phenoxy) is 1. The minimum absolute atomic E-state index is 0.127. The van der Waals surface area contributed by atoms with Crippen LogP contribution in [0.25, 0.3) is 0 Å². The van der Waals surface area contributed by atoms with Crippen LogP contribution < -0.4 is 4.74 Å². The Morgan fingerprint density at radius 2 is 1.47 bits per heavy atom. The Morgan fingerprint density at radius 3 is 2.00 bits per heavy atom. The molecule has 100 valence electrons. The zero-order valence-corrected chi connectivity index (χ0v) is 12.2. The van der Waals surface area contributed by atoms with E-state index in [1.54, 1.807) is 7.11 Å². The highest BCUT2D eigenvalue weighted by molar-refractivity contribution is 5.33. The normalized spacial score (nSPS) is 11.4. The largest absolute Gasteiger partial charge is 0.497 e. The number of methoxy groups -OCH3 is 1. The van der Waals surface area contributed by atoms with Crippen molar-refractivity contribution in [3.8, 4) is 5.75 Å². The molecule has 0 saturated carbocycles. The molecule has 1 nitrogen and oxygen atoms in total. The number of hydrogen-bond donors (Lipinski definition) is 0. The second-order valence-corrected chi connectivity index (χ2v) is 5.77. The number of hydrogen-bond acceptors (Lipinski definition) is 1. The summed E-state index contributed by atoms with van der Waals surface area (Å²) in [5.41, 5.74) is 4.16. The van der Waals surface area contributed by atoms with E-state index in [2.05, 4.69) is 57.2 Å². The zero-order valence-electron chi connectivity index (χ0n) is 12.2. The van der Waals surface area contributed by atoms with Crippen LogP contribution in [0.5, 0.6) is 5.75 Å². The lowest BCUT2D eigenvalue weighted by Crippen LogP contribution is -2.20. The predicted molar refractivity (Wildman–Crippen MR) is 80.9 cm³/mol. The monoisotopic (exact) mass is 254 g/mol. The molecule has 0 heterocycles. The first-order chi connectivity index (χ1) is 9.01. The fourth-order valence-corrected chi connectivity index (χ4v) is 2.36. The van der Waals surface area contributed by atoms with Crippen molar-refractivity contribution in [3.05, 3.63) is 65.2 Å². The average Bonchev–Trinajstić information content (AvgIpc) is 2.41. The molecular formula is C18H22O. The van der Waals surface area contributed by atoms with E-state index in [9.17, 15) is 0 Å². The average molecular weight is 254 g/mol. The summed E-state index contributed by atoms with van der Waals surface area (Å²) in [6, 6.07) is 17.2. The third kappa shape index (κ3) is 3.37. The lowest BCUT2D eigenvalue weighted by atomic mass is 9.79. The van der Waals surface area contributed by atoms with Crippen molar-refractivity contribution in [2.45, 2.75) is 32.6 Å². The number of rotatable bonds is 4. The van der Waals surface area contributed by atoms with Gasteiger partial charge in [-0.2, -0.15) is 0 Å². The second kappa shape index (κ2) is 5.48. The Morgan fingerprint density at radius 1 is 0.895 bits per heavy atom. The Bertz CT molecular complexity index is 521. The zero-order chi connectivity index (χ0) is 13.9. The van der Waals surface area contributed by atoms with Gasteiger partial charge in [0.05, 0.1) is 7.11 Å². The molecular weight excluding hydrogens is 232 g/mol. The fraction of sp³-hybridized carbons (Fsp3) is 0.333. The molecule has 1 heteroatoms. The van der Waals surface area contributed by atoms with Gasteiger partial charge in [-0.05, 0) is 42.0 Å². The van der Waals surface area contributed by atoms with E-state index in [1.165, 1.54) is 16.7 Å². The smallest absolute Gasteiger partial charge is 0.118 e. The van der Waals surface area contributed by atoms with Crippen molar-refractivity contribution in [3.63, 3.8) is 0 Å². The predicted octanol–water partition coefficient (Wildman–Crippen LogP) is 4.52. The molecule has 0 N–H and O–H groups in total. The highest BCUT2D eigenvalue weighted by atomic mass is 16.5. The Kier molecular flexibility index (Phi) is 3.94. The summed E-state index contributed by atoms with van der Waals surface area (Å²) in [6.07, 6.45) is 1.04. The van der Waals surface area contributed by atoms with Crippen LogP contribution in [0.1, 0.15) is 30.5 Å². The molecule has 0 aliphatic heterocycles. The summed E-state index contributed by atoms with van der Waals surface area (Å²) in [7, 11) is 1.70. The van der Waals surface area contributed by atoms with Crippen molar-refractivity contribution < 1.29 is 4.74 Å². The molecule has 0 saturated heterocycles. The van der Waals surface area contributed by atoms with Gasteiger partial charge in [-0.3, -0.25) is 0 Å². The minimum Gasteiger partial charge on any atom is -0.497 e. The lowest BCUT2D eigenvalue weighted by Gasteiger charge is -2.25. The molecule has 0 aromatic heterocycles. The van der Waals surface area contributed by atoms with Gasteiger partial charge in [-0.15, -0.1) is 0 Å². The summed E-state index contributed by atoms with van der Waals surface area (Å²) < 4.78 is 5.21. The van der Waals surface area contributed by atoms with Crippen molar-refractivity contribution in [2.75, 3.05) is 7.11 Å². The van der Waals surface area contributed by atoms with Crippen LogP contribution in [0.15, 0.2) is 48.5 Å². The topological polar surface area (TPSA) is 9.23 Å². The van der Waals surface area contributed by atoms with Gasteiger partial charge in [-0.25, -0.2) is 0 Å². The standard InChI is InChI=1S/C18H22O/c1-14-5-7-15(8-6-14)13-18(2,3)16-9-11-17(19-4)12-10-16/h5-12H,13H2,1-4H3. The molecule has 2 rings (SSSR count). The van der Waals surface area contributed by atoms with E-state index in [4.69, 9.17) is 4.74 Å². The van der Waals surface area contributed by atoms with Crippen molar-refractivity contribution >= 4 is 0 Å². The van der Waals surface area contributed by atoms with Gasteiger partial charge in [0.1, 0.15) is 5.75 Å². The summed E-state index contributed by atoms with van der Waals surface area (Å²) in [5.74, 6) is 0.912. The maximum Gasteiger partial charge on any atom is 0.118 e. The minimum atomic E-state index is 0.127. The molecule has 0 radical (unpaired) electrons. The van der Waals surface area contributed by atoms with Crippen LogP contribution in [0, 0.1) is 6.92 Å². The summed E-state index contributed by atoms with van der Waals surface area (Å²) in [5, 5.41) is 0. The van der Waals surface area contributed by atoms with E-state index in [1.807, 2.05) is 12.1 Å². The van der Waals surface area contributed by atoms with Gasteiger partial charge in [-0.1, -0.05) is 55.8 Å². The Balaban J connectivity index is 2.18. The summed E-state index contributed by atoms with van der Waals surface area (Å²) in [4.78, 5) is 0. The quantitative estimate of drug-likeness (QED) is 0.779. The number of benzene rings is 2. The van der Waals surface area contributed by atoms with Gasteiger partial charge >= 0.3 is 0 Å². The van der Waals surface area contributed by atoms with E-state index < -0.39 is 0 Å². The molecule has 0 bridgehead atoms. The fourth-order valence-electron chi connectivity index (χ4n) is 2.36. The SMILES string of the molecule is COc1ccc(C(C)(C)Cc2ccc(C)cc2)cc1. The molecule has 2 aromatic rings. The van der Waals surface area contributed by atoms with Crippen molar-refractivity contribution in [1.29, 1.82) is 0 Å². The van der Waals surface area contributed by atoms with E-state index >= 15 is 0 Å². The van der Waals surface area contributed by atoms with Crippen LogP contribution in [-0.4, -0.2) is 7.11 Å². The lowest BCUT2D eigenvalue weighted by molar-refractivity contribution is 0.414. The first-order valence-electron chi connectivity index (χ1n) is 6.71. The molecule has 0 spiro atoms. The highest BCUT2D eigenvalue weighted by Gasteiger charge is 2.21. The molecule has 0 unspecified atom stereocenters. The molecule has 0 fully saturated rings. The van der Waals surface area contributed by atoms with Crippen LogP contribution in [0.4, 0.5) is 0 Å². The molecule has 0 atom stereocenters. The summed E-state index contributed by atoms with van der Waals surface area (Å²) >= 11 is 0. The van der Waals surface area contributed by atoms with E-state index in [-0.39, 0.29) is 5.41 Å². The van der Waals surface area contributed by atoms with Crippen LogP contribution in [-0.2, 0) is 11.8 Å². The van der Waals surface area contributed by atoms with Gasteiger partial charge in [0.25, 0.3) is 0 Å². The third-order valence-corrected chi connectivity index (χ3v) is 3.64. The Hall–Kier alpha value is -1.76. The van der Waals surface area contributed by atoms with Gasteiger partial charge in [0.15, 0.2) is 0 Å². The molecule has 2 aromatic carbocycles. The van der Waals surface area contributed by atoms with Gasteiger partial charge in [0.2, 0.25) is 0 Å². The van der Waals surface area contributed by atoms with Crippen molar-refractivity contribution in [1.82, 2.24) is 0 Å². The number of aryl methyl sites for hydroxylation is 1. The van der Waals surface area contributed by atoms with Crippen LogP contribution >= 0.6 is 0 Å².